The normalized spacial score (nSPS) is 12.1. The first-order valence-corrected chi connectivity index (χ1v) is 6.88. The van der Waals surface area contributed by atoms with Gasteiger partial charge in [-0.05, 0) is 12.1 Å². The van der Waals surface area contributed by atoms with Gasteiger partial charge in [0.15, 0.2) is 6.29 Å². The van der Waals surface area contributed by atoms with Crippen LogP contribution in [0.5, 0.6) is 0 Å². The van der Waals surface area contributed by atoms with Gasteiger partial charge in [-0.1, -0.05) is 12.1 Å². The van der Waals surface area contributed by atoms with Crippen molar-refractivity contribution >= 4 is 15.5 Å². The summed E-state index contributed by atoms with van der Waals surface area (Å²) in [5, 5.41) is 2.71. The quantitative estimate of drug-likeness (QED) is 0.776. The Morgan fingerprint density at radius 1 is 1.21 bits per heavy atom. The molecule has 1 N–H and O–H groups in total. The van der Waals surface area contributed by atoms with Crippen molar-refractivity contribution < 1.29 is 26.7 Å². The number of sulfone groups is 1. The van der Waals surface area contributed by atoms with Crippen molar-refractivity contribution in [3.8, 4) is 0 Å². The molecule has 0 saturated carbocycles. The number of benzene rings is 1. The number of alkyl halides is 2. The highest BCUT2D eigenvalue weighted by molar-refractivity contribution is 7.91. The Morgan fingerprint density at radius 2 is 1.79 bits per heavy atom. The average Bonchev–Trinajstić information content (AvgIpc) is 2.40. The summed E-state index contributed by atoms with van der Waals surface area (Å²) in [6.07, 6.45) is -0.609. The van der Waals surface area contributed by atoms with Crippen molar-refractivity contribution in [3.05, 3.63) is 24.3 Å². The van der Waals surface area contributed by atoms with Crippen LogP contribution < -0.4 is 5.32 Å². The van der Waals surface area contributed by atoms with Gasteiger partial charge in [-0.2, -0.15) is 8.78 Å². The predicted octanol–water partition coefficient (Wildman–Crippen LogP) is 1.71. The van der Waals surface area contributed by atoms with Gasteiger partial charge >= 0.3 is 5.76 Å². The molecule has 0 radical (unpaired) electrons. The van der Waals surface area contributed by atoms with Crippen LogP contribution in [0.25, 0.3) is 0 Å². The Labute approximate surface area is 110 Å². The molecule has 0 aliphatic rings. The van der Waals surface area contributed by atoms with Gasteiger partial charge in [0.2, 0.25) is 9.84 Å². The molecule has 0 atom stereocenters. The summed E-state index contributed by atoms with van der Waals surface area (Å²) in [5.41, 5.74) is 0.0851. The van der Waals surface area contributed by atoms with Crippen LogP contribution in [0.2, 0.25) is 0 Å². The van der Waals surface area contributed by atoms with Crippen LogP contribution in [0.1, 0.15) is 0 Å². The molecule has 1 rings (SSSR count). The number of hydrogen-bond acceptors (Lipinski definition) is 5. The second-order valence-corrected chi connectivity index (χ2v) is 5.47. The van der Waals surface area contributed by atoms with Crippen LogP contribution in [-0.2, 0) is 19.3 Å². The van der Waals surface area contributed by atoms with E-state index in [1.165, 1.54) is 26.4 Å². The molecular weight excluding hydrogens is 280 g/mol. The van der Waals surface area contributed by atoms with E-state index in [4.69, 9.17) is 9.47 Å². The molecule has 0 aliphatic heterocycles. The van der Waals surface area contributed by atoms with E-state index in [-0.39, 0.29) is 12.2 Å². The molecule has 5 nitrogen and oxygen atoms in total. The van der Waals surface area contributed by atoms with Crippen LogP contribution >= 0.6 is 0 Å². The Balaban J connectivity index is 2.97. The average molecular weight is 295 g/mol. The molecule has 108 valence electrons. The van der Waals surface area contributed by atoms with Crippen molar-refractivity contribution in [2.45, 2.75) is 16.9 Å². The minimum absolute atomic E-state index is 0.0851. The van der Waals surface area contributed by atoms with Gasteiger partial charge in [-0.3, -0.25) is 0 Å². The van der Waals surface area contributed by atoms with E-state index in [9.17, 15) is 17.2 Å². The first-order chi connectivity index (χ1) is 8.93. The minimum atomic E-state index is -4.65. The Hall–Kier alpha value is -1.25. The molecule has 19 heavy (non-hydrogen) atoms. The topological polar surface area (TPSA) is 64.6 Å². The maximum atomic E-state index is 12.5. The summed E-state index contributed by atoms with van der Waals surface area (Å²) < 4.78 is 57.9. The first-order valence-electron chi connectivity index (χ1n) is 5.34. The lowest BCUT2D eigenvalue weighted by atomic mass is 10.3. The van der Waals surface area contributed by atoms with Gasteiger partial charge in [-0.15, -0.1) is 0 Å². The lowest BCUT2D eigenvalue weighted by molar-refractivity contribution is -0.0914. The highest BCUT2D eigenvalue weighted by Gasteiger charge is 2.29. The zero-order chi connectivity index (χ0) is 14.5. The number of methoxy groups -OCH3 is 2. The largest absolute Gasteiger partial charge is 0.379 e. The van der Waals surface area contributed by atoms with Crippen LogP contribution in [0, 0.1) is 0 Å². The van der Waals surface area contributed by atoms with Crippen molar-refractivity contribution in [1.82, 2.24) is 0 Å². The molecule has 0 aliphatic carbocycles. The maximum absolute atomic E-state index is 12.5. The lowest BCUT2D eigenvalue weighted by Crippen LogP contribution is -2.24. The minimum Gasteiger partial charge on any atom is -0.379 e. The third-order valence-electron chi connectivity index (χ3n) is 2.41. The summed E-state index contributed by atoms with van der Waals surface area (Å²) in [4.78, 5) is -0.448. The summed E-state index contributed by atoms with van der Waals surface area (Å²) in [6, 6.07) is 5.45. The van der Waals surface area contributed by atoms with E-state index < -0.39 is 26.8 Å². The second kappa shape index (κ2) is 6.78. The van der Waals surface area contributed by atoms with Gasteiger partial charge in [-0.25, -0.2) is 8.42 Å². The van der Waals surface area contributed by atoms with E-state index in [0.29, 0.717) is 0 Å². The summed E-state index contributed by atoms with van der Waals surface area (Å²) in [5.74, 6) is -3.46. The lowest BCUT2D eigenvalue weighted by Gasteiger charge is -2.17. The maximum Gasteiger partial charge on any atom is 0.341 e. The zero-order valence-electron chi connectivity index (χ0n) is 10.5. The van der Waals surface area contributed by atoms with Crippen LogP contribution in [0.4, 0.5) is 14.5 Å². The summed E-state index contributed by atoms with van der Waals surface area (Å²) in [7, 11) is -1.82. The second-order valence-electron chi connectivity index (χ2n) is 3.58. The highest BCUT2D eigenvalue weighted by Crippen LogP contribution is 2.26. The predicted molar refractivity (Wildman–Crippen MR) is 65.9 cm³/mol. The van der Waals surface area contributed by atoms with Gasteiger partial charge in [0, 0.05) is 14.2 Å². The van der Waals surface area contributed by atoms with Crippen molar-refractivity contribution in [2.75, 3.05) is 26.1 Å². The molecule has 0 spiro atoms. The molecule has 8 heteroatoms. The molecule has 0 saturated heterocycles. The Kier molecular flexibility index (Phi) is 5.64. The van der Waals surface area contributed by atoms with Gasteiger partial charge < -0.3 is 14.8 Å². The Bertz CT molecular complexity index is 503. The van der Waals surface area contributed by atoms with Gasteiger partial charge in [0.05, 0.1) is 17.1 Å². The molecule has 0 fully saturated rings. The number of ether oxygens (including phenoxy) is 2. The fourth-order valence-electron chi connectivity index (χ4n) is 1.41. The highest BCUT2D eigenvalue weighted by atomic mass is 32.2. The van der Waals surface area contributed by atoms with Crippen molar-refractivity contribution in [1.29, 1.82) is 0 Å². The molecule has 0 bridgehead atoms. The number of rotatable bonds is 7. The Morgan fingerprint density at radius 3 is 2.32 bits per heavy atom. The summed E-state index contributed by atoms with van der Waals surface area (Å²) in [6.45, 7) is 0.128. The van der Waals surface area contributed by atoms with Crippen LogP contribution in [-0.4, -0.2) is 41.2 Å². The van der Waals surface area contributed by atoms with Crippen LogP contribution in [0.15, 0.2) is 29.2 Å². The number of para-hydroxylation sites is 1. The van der Waals surface area contributed by atoms with E-state index in [2.05, 4.69) is 5.32 Å². The molecule has 1 aromatic rings. The fraction of sp³-hybridized carbons (Fsp3) is 0.455. The molecule has 1 aromatic carbocycles. The third kappa shape index (κ3) is 3.85. The standard InChI is InChI=1S/C11H15F2NO4S/c1-17-10(18-2)7-14-8-5-3-4-6-9(8)19(15,16)11(12)13/h3-6,10-11,14H,7H2,1-2H3. The monoisotopic (exact) mass is 295 g/mol. The van der Waals surface area contributed by atoms with Gasteiger partial charge in [0.25, 0.3) is 0 Å². The number of hydrogen-bond donors (Lipinski definition) is 1. The van der Waals surface area contributed by atoms with Gasteiger partial charge in [0.1, 0.15) is 0 Å². The first kappa shape index (κ1) is 15.8. The molecular formula is C11H15F2NO4S. The number of anilines is 1. The van der Waals surface area contributed by atoms with E-state index in [0.717, 1.165) is 6.07 Å². The van der Waals surface area contributed by atoms with E-state index in [1.807, 2.05) is 0 Å². The molecule has 0 unspecified atom stereocenters. The number of nitrogens with one attached hydrogen (secondary N) is 1. The van der Waals surface area contributed by atoms with E-state index in [1.54, 1.807) is 6.07 Å². The molecule has 0 amide bonds. The number of halogens is 2. The van der Waals surface area contributed by atoms with Crippen LogP contribution in [0.3, 0.4) is 0 Å². The van der Waals surface area contributed by atoms with E-state index >= 15 is 0 Å². The zero-order valence-corrected chi connectivity index (χ0v) is 11.3. The smallest absolute Gasteiger partial charge is 0.341 e. The molecule has 0 heterocycles. The van der Waals surface area contributed by atoms with Crippen molar-refractivity contribution in [3.63, 3.8) is 0 Å². The van der Waals surface area contributed by atoms with Crippen molar-refractivity contribution in [2.24, 2.45) is 0 Å². The molecule has 0 aromatic heterocycles. The summed E-state index contributed by atoms with van der Waals surface area (Å²) >= 11 is 0. The fourth-order valence-corrected chi connectivity index (χ4v) is 2.32. The SMILES string of the molecule is COC(CNc1ccccc1S(=O)(=O)C(F)F)OC. The third-order valence-corrected chi connectivity index (χ3v) is 3.85.